The van der Waals surface area contributed by atoms with Crippen LogP contribution in [0.1, 0.15) is 18.0 Å². The Morgan fingerprint density at radius 1 is 1.67 bits per heavy atom. The lowest BCUT2D eigenvalue weighted by Crippen LogP contribution is -2.16. The topological polar surface area (TPSA) is 65.2 Å². The highest BCUT2D eigenvalue weighted by molar-refractivity contribution is 9.10. The molecule has 0 amide bonds. The minimum absolute atomic E-state index is 0. The number of carbonyl (C=O) groups is 1. The van der Waals surface area contributed by atoms with Gasteiger partial charge in [-0.3, -0.25) is 4.79 Å². The van der Waals surface area contributed by atoms with E-state index in [1.165, 1.54) is 7.11 Å². The van der Waals surface area contributed by atoms with Gasteiger partial charge in [0.15, 0.2) is 0 Å². The van der Waals surface area contributed by atoms with Gasteiger partial charge in [0, 0.05) is 12.2 Å². The molecule has 84 valence electrons. The zero-order valence-corrected chi connectivity index (χ0v) is 10.5. The first kappa shape index (κ1) is 14.3. The molecule has 1 aromatic rings. The molecule has 0 radical (unpaired) electrons. The molecule has 0 aliphatic carbocycles. The van der Waals surface area contributed by atoms with Gasteiger partial charge in [0.2, 0.25) is 0 Å². The maximum absolute atomic E-state index is 10.9. The molecule has 0 bridgehead atoms. The van der Waals surface area contributed by atoms with Crippen molar-refractivity contribution in [2.24, 2.45) is 5.73 Å². The number of aromatic nitrogens is 1. The number of pyridine rings is 1. The molecule has 1 heterocycles. The van der Waals surface area contributed by atoms with Crippen molar-refractivity contribution in [3.8, 4) is 0 Å². The van der Waals surface area contributed by atoms with Crippen LogP contribution in [-0.4, -0.2) is 18.1 Å². The van der Waals surface area contributed by atoms with E-state index in [0.717, 1.165) is 10.2 Å². The van der Waals surface area contributed by atoms with E-state index >= 15 is 0 Å². The summed E-state index contributed by atoms with van der Waals surface area (Å²) in [5, 5.41) is 0. The normalized spacial score (nSPS) is 11.4. The van der Waals surface area contributed by atoms with Gasteiger partial charge in [-0.25, -0.2) is 4.98 Å². The lowest BCUT2D eigenvalue weighted by atomic mass is 10.1. The molecular formula is C9H12BrClN2O2. The molecule has 0 aromatic carbocycles. The smallest absolute Gasteiger partial charge is 0.307 e. The average Bonchev–Trinajstić information content (AvgIpc) is 2.18. The van der Waals surface area contributed by atoms with Gasteiger partial charge in [-0.1, -0.05) is 6.07 Å². The van der Waals surface area contributed by atoms with Crippen LogP contribution in [0.3, 0.4) is 0 Å². The molecule has 4 nitrogen and oxygen atoms in total. The SMILES string of the molecule is COC(=O)C[C@H](N)c1ccc(Br)nc1.Cl. The first-order valence-corrected chi connectivity index (χ1v) is 4.86. The molecule has 1 rings (SSSR count). The summed E-state index contributed by atoms with van der Waals surface area (Å²) in [6.45, 7) is 0. The fraction of sp³-hybridized carbons (Fsp3) is 0.333. The van der Waals surface area contributed by atoms with Crippen LogP contribution in [0.15, 0.2) is 22.9 Å². The highest BCUT2D eigenvalue weighted by Crippen LogP contribution is 2.15. The van der Waals surface area contributed by atoms with Crippen molar-refractivity contribution >= 4 is 34.3 Å². The lowest BCUT2D eigenvalue weighted by molar-refractivity contribution is -0.141. The largest absolute Gasteiger partial charge is 0.469 e. The van der Waals surface area contributed by atoms with Gasteiger partial charge < -0.3 is 10.5 Å². The van der Waals surface area contributed by atoms with Gasteiger partial charge in [0.05, 0.1) is 13.5 Å². The van der Waals surface area contributed by atoms with Crippen LogP contribution in [0.2, 0.25) is 0 Å². The molecule has 0 spiro atoms. The third-order valence-electron chi connectivity index (χ3n) is 1.79. The van der Waals surface area contributed by atoms with Crippen molar-refractivity contribution in [3.63, 3.8) is 0 Å². The second-order valence-electron chi connectivity index (χ2n) is 2.80. The predicted molar refractivity (Wildman–Crippen MR) is 62.7 cm³/mol. The number of methoxy groups -OCH3 is 1. The standard InChI is InChI=1S/C9H11BrN2O2.ClH/c1-14-9(13)4-7(11)6-2-3-8(10)12-5-6;/h2-3,5,7H,4,11H2,1H3;1H/t7-;/m0./s1. The van der Waals surface area contributed by atoms with Crippen molar-refractivity contribution in [1.29, 1.82) is 0 Å². The van der Waals surface area contributed by atoms with Gasteiger partial charge in [-0.15, -0.1) is 12.4 Å². The fourth-order valence-corrected chi connectivity index (χ4v) is 1.22. The van der Waals surface area contributed by atoms with E-state index in [4.69, 9.17) is 5.73 Å². The summed E-state index contributed by atoms with van der Waals surface area (Å²) in [6.07, 6.45) is 1.80. The third-order valence-corrected chi connectivity index (χ3v) is 2.26. The Hall–Kier alpha value is -0.650. The molecule has 0 unspecified atom stereocenters. The van der Waals surface area contributed by atoms with Gasteiger partial charge in [-0.2, -0.15) is 0 Å². The van der Waals surface area contributed by atoms with Gasteiger partial charge >= 0.3 is 5.97 Å². The van der Waals surface area contributed by atoms with E-state index in [1.54, 1.807) is 12.3 Å². The quantitative estimate of drug-likeness (QED) is 0.682. The van der Waals surface area contributed by atoms with Crippen LogP contribution in [-0.2, 0) is 9.53 Å². The summed E-state index contributed by atoms with van der Waals surface area (Å²) >= 11 is 3.22. The monoisotopic (exact) mass is 294 g/mol. The molecule has 6 heteroatoms. The van der Waals surface area contributed by atoms with E-state index in [-0.39, 0.29) is 30.8 Å². The Kier molecular flexibility index (Phi) is 6.47. The molecule has 0 aliphatic heterocycles. The molecule has 0 saturated heterocycles. The van der Waals surface area contributed by atoms with Crippen molar-refractivity contribution in [2.45, 2.75) is 12.5 Å². The Balaban J connectivity index is 0.00000196. The summed E-state index contributed by atoms with van der Waals surface area (Å²) in [5.74, 6) is -0.319. The van der Waals surface area contributed by atoms with Crippen LogP contribution < -0.4 is 5.73 Å². The summed E-state index contributed by atoms with van der Waals surface area (Å²) in [6, 6.07) is 3.25. The Bertz CT molecular complexity index is 318. The first-order valence-electron chi connectivity index (χ1n) is 4.07. The van der Waals surface area contributed by atoms with Crippen LogP contribution in [0.5, 0.6) is 0 Å². The van der Waals surface area contributed by atoms with Crippen LogP contribution in [0.4, 0.5) is 0 Å². The minimum Gasteiger partial charge on any atom is -0.469 e. The molecule has 1 atom stereocenters. The summed E-state index contributed by atoms with van der Waals surface area (Å²) in [7, 11) is 1.34. The zero-order chi connectivity index (χ0) is 10.6. The van der Waals surface area contributed by atoms with E-state index in [9.17, 15) is 4.79 Å². The number of halogens is 2. The maximum atomic E-state index is 10.9. The Labute approximate surface area is 103 Å². The maximum Gasteiger partial charge on any atom is 0.307 e. The van der Waals surface area contributed by atoms with Crippen LogP contribution >= 0.6 is 28.3 Å². The molecule has 0 fully saturated rings. The van der Waals surface area contributed by atoms with Crippen molar-refractivity contribution < 1.29 is 9.53 Å². The van der Waals surface area contributed by atoms with Crippen LogP contribution in [0, 0.1) is 0 Å². The number of nitrogens with zero attached hydrogens (tertiary/aromatic N) is 1. The number of nitrogens with two attached hydrogens (primary N) is 1. The summed E-state index contributed by atoms with van der Waals surface area (Å²) < 4.78 is 5.26. The highest BCUT2D eigenvalue weighted by Gasteiger charge is 2.11. The van der Waals surface area contributed by atoms with Gasteiger partial charge in [0.25, 0.3) is 0 Å². The molecule has 1 aromatic heterocycles. The summed E-state index contributed by atoms with van der Waals surface area (Å²) in [4.78, 5) is 14.9. The third kappa shape index (κ3) is 4.59. The second-order valence-corrected chi connectivity index (χ2v) is 3.61. The molecule has 15 heavy (non-hydrogen) atoms. The van der Waals surface area contributed by atoms with E-state index < -0.39 is 0 Å². The van der Waals surface area contributed by atoms with E-state index in [1.807, 2.05) is 6.07 Å². The molecule has 0 saturated carbocycles. The molecule has 2 N–H and O–H groups in total. The minimum atomic E-state index is -0.358. The summed E-state index contributed by atoms with van der Waals surface area (Å²) in [5.41, 5.74) is 6.58. The average molecular weight is 296 g/mol. The van der Waals surface area contributed by atoms with Crippen molar-refractivity contribution in [1.82, 2.24) is 4.98 Å². The number of esters is 1. The van der Waals surface area contributed by atoms with Gasteiger partial charge in [-0.05, 0) is 27.6 Å². The highest BCUT2D eigenvalue weighted by atomic mass is 79.9. The zero-order valence-electron chi connectivity index (χ0n) is 8.14. The van der Waals surface area contributed by atoms with E-state index in [2.05, 4.69) is 25.7 Å². The Morgan fingerprint density at radius 2 is 2.33 bits per heavy atom. The fourth-order valence-electron chi connectivity index (χ4n) is 0.987. The number of hydrogen-bond acceptors (Lipinski definition) is 4. The van der Waals surface area contributed by atoms with Crippen molar-refractivity contribution in [3.05, 3.63) is 28.5 Å². The second kappa shape index (κ2) is 6.76. The Morgan fingerprint density at radius 3 is 2.80 bits per heavy atom. The lowest BCUT2D eigenvalue weighted by Gasteiger charge is -2.09. The van der Waals surface area contributed by atoms with Gasteiger partial charge in [0.1, 0.15) is 4.60 Å². The number of hydrogen-bond donors (Lipinski definition) is 1. The number of ether oxygens (including phenoxy) is 1. The van der Waals surface area contributed by atoms with E-state index in [0.29, 0.717) is 0 Å². The number of rotatable bonds is 3. The first-order chi connectivity index (χ1) is 6.63. The predicted octanol–water partition coefficient (Wildman–Crippen LogP) is 1.83. The molecule has 0 aliphatic rings. The van der Waals surface area contributed by atoms with Crippen molar-refractivity contribution in [2.75, 3.05) is 7.11 Å². The molecular weight excluding hydrogens is 283 g/mol. The number of carbonyl (C=O) groups excluding carboxylic acids is 1. The van der Waals surface area contributed by atoms with Crippen LogP contribution in [0.25, 0.3) is 0 Å².